The molecule has 0 radical (unpaired) electrons. The second-order valence-electron chi connectivity index (χ2n) is 7.79. The van der Waals surface area contributed by atoms with Gasteiger partial charge in [0.05, 0.1) is 6.61 Å². The van der Waals surface area contributed by atoms with Crippen LogP contribution in [0.15, 0.2) is 0 Å². The SMILES string of the molecule is CC(C)C(CO)(CNC(=O)OC(C)(C)C)CC1CCOCC1. The quantitative estimate of drug-likeness (QED) is 0.791. The number of amides is 1. The predicted molar refractivity (Wildman–Crippen MR) is 86.8 cm³/mol. The van der Waals surface area contributed by atoms with Crippen LogP contribution in [-0.2, 0) is 9.47 Å². The second kappa shape index (κ2) is 8.16. The summed E-state index contributed by atoms with van der Waals surface area (Å²) in [7, 11) is 0. The van der Waals surface area contributed by atoms with E-state index in [4.69, 9.17) is 9.47 Å². The molecule has 0 aliphatic carbocycles. The standard InChI is InChI=1S/C17H33NO4/c1-13(2)17(12-19,10-14-6-8-21-9-7-14)11-18-15(20)22-16(3,4)5/h13-14,19H,6-12H2,1-5H3,(H,18,20). The van der Waals surface area contributed by atoms with Crippen LogP contribution in [0.2, 0.25) is 0 Å². The number of carbonyl (C=O) groups excluding carboxylic acids is 1. The second-order valence-corrected chi connectivity index (χ2v) is 7.79. The molecule has 0 saturated carbocycles. The molecule has 0 aromatic carbocycles. The maximum Gasteiger partial charge on any atom is 0.407 e. The van der Waals surface area contributed by atoms with Gasteiger partial charge in [-0.05, 0) is 51.9 Å². The monoisotopic (exact) mass is 315 g/mol. The van der Waals surface area contributed by atoms with Gasteiger partial charge >= 0.3 is 6.09 Å². The van der Waals surface area contributed by atoms with Crippen LogP contribution in [-0.4, -0.2) is 43.2 Å². The molecule has 0 aromatic rings. The summed E-state index contributed by atoms with van der Waals surface area (Å²) in [4.78, 5) is 11.9. The molecular formula is C17H33NO4. The Balaban J connectivity index is 2.64. The molecule has 1 aliphatic rings. The van der Waals surface area contributed by atoms with Crippen molar-refractivity contribution in [2.75, 3.05) is 26.4 Å². The van der Waals surface area contributed by atoms with Gasteiger partial charge in [-0.1, -0.05) is 13.8 Å². The van der Waals surface area contributed by atoms with Gasteiger partial charge in [0.2, 0.25) is 0 Å². The number of aliphatic hydroxyl groups excluding tert-OH is 1. The van der Waals surface area contributed by atoms with Crippen LogP contribution in [0.3, 0.4) is 0 Å². The molecular weight excluding hydrogens is 282 g/mol. The fraction of sp³-hybridized carbons (Fsp3) is 0.941. The van der Waals surface area contributed by atoms with E-state index in [0.717, 1.165) is 32.5 Å². The highest BCUT2D eigenvalue weighted by Crippen LogP contribution is 2.37. The van der Waals surface area contributed by atoms with Crippen LogP contribution in [0.1, 0.15) is 53.9 Å². The first kappa shape index (κ1) is 19.2. The first-order valence-corrected chi connectivity index (χ1v) is 8.34. The van der Waals surface area contributed by atoms with Gasteiger partial charge in [0.25, 0.3) is 0 Å². The molecule has 1 rings (SSSR count). The molecule has 1 saturated heterocycles. The van der Waals surface area contributed by atoms with Crippen molar-refractivity contribution in [2.24, 2.45) is 17.3 Å². The molecule has 0 bridgehead atoms. The van der Waals surface area contributed by atoms with Gasteiger partial charge in [0.1, 0.15) is 5.60 Å². The van der Waals surface area contributed by atoms with Crippen LogP contribution < -0.4 is 5.32 Å². The van der Waals surface area contributed by atoms with Crippen molar-refractivity contribution >= 4 is 6.09 Å². The minimum atomic E-state index is -0.509. The Bertz CT molecular complexity index is 345. The van der Waals surface area contributed by atoms with E-state index in [2.05, 4.69) is 19.2 Å². The van der Waals surface area contributed by atoms with Crippen molar-refractivity contribution < 1.29 is 19.4 Å². The zero-order valence-corrected chi connectivity index (χ0v) is 14.8. The summed E-state index contributed by atoms with van der Waals surface area (Å²) >= 11 is 0. The Labute approximate surface area is 134 Å². The summed E-state index contributed by atoms with van der Waals surface area (Å²) in [5, 5.41) is 12.8. The first-order chi connectivity index (χ1) is 10.2. The number of alkyl carbamates (subject to hydrolysis) is 1. The van der Waals surface area contributed by atoms with E-state index in [1.54, 1.807) is 0 Å². The minimum absolute atomic E-state index is 0.0673. The van der Waals surface area contributed by atoms with Crippen molar-refractivity contribution in [3.8, 4) is 0 Å². The largest absolute Gasteiger partial charge is 0.444 e. The highest BCUT2D eigenvalue weighted by Gasteiger charge is 2.37. The Morgan fingerprint density at radius 1 is 1.32 bits per heavy atom. The van der Waals surface area contributed by atoms with E-state index in [0.29, 0.717) is 12.5 Å². The summed E-state index contributed by atoms with van der Waals surface area (Å²) < 4.78 is 10.7. The molecule has 1 aliphatic heterocycles. The van der Waals surface area contributed by atoms with E-state index in [1.807, 2.05) is 20.8 Å². The predicted octanol–water partition coefficient (Wildman–Crippen LogP) is 2.96. The molecule has 5 heteroatoms. The van der Waals surface area contributed by atoms with Crippen LogP contribution in [0, 0.1) is 17.3 Å². The Morgan fingerprint density at radius 2 is 1.91 bits per heavy atom. The number of nitrogens with one attached hydrogen (secondary N) is 1. The molecule has 1 heterocycles. The van der Waals surface area contributed by atoms with Crippen molar-refractivity contribution in [1.82, 2.24) is 5.32 Å². The van der Waals surface area contributed by atoms with E-state index in [9.17, 15) is 9.90 Å². The average molecular weight is 315 g/mol. The zero-order chi connectivity index (χ0) is 16.8. The van der Waals surface area contributed by atoms with Crippen molar-refractivity contribution in [3.63, 3.8) is 0 Å². The molecule has 1 amide bonds. The van der Waals surface area contributed by atoms with Crippen molar-refractivity contribution in [2.45, 2.75) is 59.5 Å². The number of carbonyl (C=O) groups is 1. The van der Waals surface area contributed by atoms with Crippen LogP contribution in [0.5, 0.6) is 0 Å². The minimum Gasteiger partial charge on any atom is -0.444 e. The van der Waals surface area contributed by atoms with E-state index in [1.165, 1.54) is 0 Å². The van der Waals surface area contributed by atoms with Gasteiger partial charge in [0, 0.05) is 25.2 Å². The fourth-order valence-electron chi connectivity index (χ4n) is 2.90. The molecule has 2 N–H and O–H groups in total. The third-order valence-electron chi connectivity index (χ3n) is 4.56. The van der Waals surface area contributed by atoms with Gasteiger partial charge in [-0.25, -0.2) is 4.79 Å². The highest BCUT2D eigenvalue weighted by atomic mass is 16.6. The Kier molecular flexibility index (Phi) is 7.13. The molecule has 130 valence electrons. The van der Waals surface area contributed by atoms with Gasteiger partial charge in [-0.3, -0.25) is 0 Å². The summed E-state index contributed by atoms with van der Waals surface area (Å²) in [6.07, 6.45) is 2.54. The first-order valence-electron chi connectivity index (χ1n) is 8.34. The summed E-state index contributed by atoms with van der Waals surface area (Å²) in [5.41, 5.74) is -0.816. The van der Waals surface area contributed by atoms with Crippen molar-refractivity contribution in [1.29, 1.82) is 0 Å². The van der Waals surface area contributed by atoms with E-state index in [-0.39, 0.29) is 17.9 Å². The lowest BCUT2D eigenvalue weighted by Gasteiger charge is -2.40. The highest BCUT2D eigenvalue weighted by molar-refractivity contribution is 5.67. The molecule has 1 fully saturated rings. The molecule has 0 spiro atoms. The fourth-order valence-corrected chi connectivity index (χ4v) is 2.90. The van der Waals surface area contributed by atoms with Gasteiger partial charge in [-0.15, -0.1) is 0 Å². The lowest BCUT2D eigenvalue weighted by molar-refractivity contribution is 0.00517. The molecule has 0 aromatic heterocycles. The topological polar surface area (TPSA) is 67.8 Å². The number of rotatable bonds is 6. The number of ether oxygens (including phenoxy) is 2. The number of aliphatic hydroxyl groups is 1. The zero-order valence-electron chi connectivity index (χ0n) is 14.8. The van der Waals surface area contributed by atoms with Gasteiger partial charge in [-0.2, -0.15) is 0 Å². The van der Waals surface area contributed by atoms with Crippen LogP contribution >= 0.6 is 0 Å². The van der Waals surface area contributed by atoms with E-state index < -0.39 is 11.7 Å². The lowest BCUT2D eigenvalue weighted by Crippen LogP contribution is -2.46. The summed E-state index contributed by atoms with van der Waals surface area (Å²) in [6.45, 7) is 11.8. The maximum atomic E-state index is 11.9. The maximum absolute atomic E-state index is 11.9. The van der Waals surface area contributed by atoms with Gasteiger partial charge < -0.3 is 19.9 Å². The Hall–Kier alpha value is -0.810. The molecule has 5 nitrogen and oxygen atoms in total. The smallest absolute Gasteiger partial charge is 0.407 e. The molecule has 22 heavy (non-hydrogen) atoms. The number of hydrogen-bond donors (Lipinski definition) is 2. The average Bonchev–Trinajstić information content (AvgIpc) is 2.42. The summed E-state index contributed by atoms with van der Waals surface area (Å²) in [5.74, 6) is 0.819. The van der Waals surface area contributed by atoms with Gasteiger partial charge in [0.15, 0.2) is 0 Å². The van der Waals surface area contributed by atoms with Crippen LogP contribution in [0.25, 0.3) is 0 Å². The number of hydrogen-bond acceptors (Lipinski definition) is 4. The van der Waals surface area contributed by atoms with E-state index >= 15 is 0 Å². The normalized spacial score (nSPS) is 19.8. The third-order valence-corrected chi connectivity index (χ3v) is 4.56. The molecule has 1 atom stereocenters. The molecule has 1 unspecified atom stereocenters. The van der Waals surface area contributed by atoms with Crippen LogP contribution in [0.4, 0.5) is 4.79 Å². The third kappa shape index (κ3) is 6.13. The summed E-state index contributed by atoms with van der Waals surface area (Å²) in [6, 6.07) is 0. The van der Waals surface area contributed by atoms with Crippen molar-refractivity contribution in [3.05, 3.63) is 0 Å². The lowest BCUT2D eigenvalue weighted by atomic mass is 9.70. The Morgan fingerprint density at radius 3 is 2.36 bits per heavy atom.